The molecule has 0 bridgehead atoms. The number of aryl methyl sites for hydroxylation is 2. The number of hydrogen-bond donors (Lipinski definition) is 2. The topological polar surface area (TPSA) is 64.7 Å². The van der Waals surface area contributed by atoms with Crippen molar-refractivity contribution in [2.24, 2.45) is 0 Å². The smallest absolute Gasteiger partial charge is 0.234 e. The summed E-state index contributed by atoms with van der Waals surface area (Å²) < 4.78 is 0. The van der Waals surface area contributed by atoms with Gasteiger partial charge in [0, 0.05) is 32.2 Å². The highest BCUT2D eigenvalue weighted by molar-refractivity contribution is 5.78. The zero-order valence-electron chi connectivity index (χ0n) is 19.6. The number of hydrogen-bond acceptors (Lipinski definition) is 4. The van der Waals surface area contributed by atoms with Gasteiger partial charge in [-0.3, -0.25) is 19.4 Å². The lowest BCUT2D eigenvalue weighted by atomic mass is 10.0. The minimum absolute atomic E-state index is 0.0498. The summed E-state index contributed by atoms with van der Waals surface area (Å²) in [5, 5.41) is 6.07. The van der Waals surface area contributed by atoms with Crippen LogP contribution >= 0.6 is 0 Å². The third-order valence-corrected chi connectivity index (χ3v) is 6.42. The van der Waals surface area contributed by atoms with Gasteiger partial charge in [-0.2, -0.15) is 0 Å². The summed E-state index contributed by atoms with van der Waals surface area (Å²) in [6, 6.07) is 16.6. The monoisotopic (exact) mass is 436 g/mol. The molecule has 1 saturated heterocycles. The van der Waals surface area contributed by atoms with E-state index in [1.54, 1.807) is 0 Å². The van der Waals surface area contributed by atoms with Gasteiger partial charge in [-0.15, -0.1) is 0 Å². The van der Waals surface area contributed by atoms with Crippen molar-refractivity contribution in [1.82, 2.24) is 20.4 Å². The van der Waals surface area contributed by atoms with E-state index in [2.05, 4.69) is 46.4 Å². The van der Waals surface area contributed by atoms with Gasteiger partial charge in [-0.25, -0.2) is 0 Å². The Morgan fingerprint density at radius 3 is 1.91 bits per heavy atom. The molecule has 32 heavy (non-hydrogen) atoms. The summed E-state index contributed by atoms with van der Waals surface area (Å²) in [7, 11) is 2.02. The highest BCUT2D eigenvalue weighted by Crippen LogP contribution is 2.15. The van der Waals surface area contributed by atoms with Crippen molar-refractivity contribution in [2.75, 3.05) is 33.2 Å². The van der Waals surface area contributed by atoms with Gasteiger partial charge in [0.25, 0.3) is 0 Å². The van der Waals surface area contributed by atoms with Gasteiger partial charge >= 0.3 is 0 Å². The number of likely N-dealkylation sites (N-methyl/N-ethyl adjacent to an activating group) is 1. The molecule has 3 rings (SSSR count). The van der Waals surface area contributed by atoms with E-state index in [1.807, 2.05) is 43.4 Å². The fraction of sp³-hybridized carbons (Fsp3) is 0.462. The van der Waals surface area contributed by atoms with E-state index in [9.17, 15) is 9.59 Å². The summed E-state index contributed by atoms with van der Waals surface area (Å²) >= 11 is 0. The maximum Gasteiger partial charge on any atom is 0.234 e. The first-order valence-corrected chi connectivity index (χ1v) is 11.5. The molecule has 0 saturated carbocycles. The number of carbonyl (C=O) groups is 2. The van der Waals surface area contributed by atoms with Crippen LogP contribution in [0.5, 0.6) is 0 Å². The number of likely N-dealkylation sites (tertiary alicyclic amines) is 1. The van der Waals surface area contributed by atoms with Gasteiger partial charge in [-0.1, -0.05) is 48.5 Å². The second kappa shape index (κ2) is 11.8. The van der Waals surface area contributed by atoms with Crippen molar-refractivity contribution in [2.45, 2.75) is 45.8 Å². The van der Waals surface area contributed by atoms with Crippen LogP contribution in [0.3, 0.4) is 0 Å². The van der Waals surface area contributed by atoms with Crippen LogP contribution < -0.4 is 10.6 Å². The fourth-order valence-corrected chi connectivity index (χ4v) is 4.19. The van der Waals surface area contributed by atoms with Crippen LogP contribution in [0.2, 0.25) is 0 Å². The van der Waals surface area contributed by atoms with Crippen molar-refractivity contribution in [1.29, 1.82) is 0 Å². The summed E-state index contributed by atoms with van der Waals surface area (Å²) in [6.45, 7) is 7.83. The highest BCUT2D eigenvalue weighted by Gasteiger charge is 2.24. The Morgan fingerprint density at radius 1 is 0.875 bits per heavy atom. The number of nitrogens with one attached hydrogen (secondary N) is 2. The first kappa shape index (κ1) is 24.0. The van der Waals surface area contributed by atoms with Crippen LogP contribution in [0, 0.1) is 13.8 Å². The lowest BCUT2D eigenvalue weighted by molar-refractivity contribution is -0.122. The Labute approximate surface area is 192 Å². The Hall–Kier alpha value is -2.70. The quantitative estimate of drug-likeness (QED) is 0.634. The normalized spacial score (nSPS) is 15.0. The van der Waals surface area contributed by atoms with Crippen molar-refractivity contribution in [3.8, 4) is 0 Å². The minimum atomic E-state index is 0.0498. The van der Waals surface area contributed by atoms with Gasteiger partial charge in [0.2, 0.25) is 11.8 Å². The molecule has 0 unspecified atom stereocenters. The molecule has 2 aromatic carbocycles. The van der Waals surface area contributed by atoms with Crippen LogP contribution in [0.1, 0.15) is 35.1 Å². The number of piperidine rings is 1. The van der Waals surface area contributed by atoms with Gasteiger partial charge in [0.05, 0.1) is 13.1 Å². The second-order valence-corrected chi connectivity index (χ2v) is 8.83. The van der Waals surface area contributed by atoms with Crippen LogP contribution in [0.25, 0.3) is 0 Å². The zero-order valence-corrected chi connectivity index (χ0v) is 19.6. The molecule has 0 aliphatic carbocycles. The minimum Gasteiger partial charge on any atom is -0.351 e. The maximum atomic E-state index is 12.4. The molecule has 1 fully saturated rings. The maximum absolute atomic E-state index is 12.4. The van der Waals surface area contributed by atoms with E-state index in [4.69, 9.17) is 0 Å². The highest BCUT2D eigenvalue weighted by atomic mass is 16.2. The average Bonchev–Trinajstić information content (AvgIpc) is 2.78. The van der Waals surface area contributed by atoms with E-state index in [-0.39, 0.29) is 11.8 Å². The van der Waals surface area contributed by atoms with Crippen LogP contribution in [0.15, 0.2) is 48.5 Å². The Balaban J connectivity index is 1.34. The van der Waals surface area contributed by atoms with E-state index in [0.29, 0.717) is 32.2 Å². The molecule has 2 aromatic rings. The molecule has 1 heterocycles. The molecule has 0 spiro atoms. The van der Waals surface area contributed by atoms with Gasteiger partial charge < -0.3 is 10.6 Å². The summed E-state index contributed by atoms with van der Waals surface area (Å²) in [4.78, 5) is 29.1. The number of carbonyl (C=O) groups excluding carboxylic acids is 2. The molecule has 0 atom stereocenters. The van der Waals surface area contributed by atoms with E-state index < -0.39 is 0 Å². The molecular weight excluding hydrogens is 400 g/mol. The summed E-state index contributed by atoms with van der Waals surface area (Å²) in [6.07, 6.45) is 1.93. The van der Waals surface area contributed by atoms with E-state index in [0.717, 1.165) is 37.1 Å². The standard InChI is InChI=1S/C26H36N4O2/c1-20-8-4-6-10-22(20)16-27-25(31)18-29(3)24-12-14-30(15-13-24)19-26(32)28-17-23-11-7-5-9-21(23)2/h4-11,24H,12-19H2,1-3H3,(H,27,31)(H,28,32). The van der Waals surface area contributed by atoms with E-state index in [1.165, 1.54) is 11.1 Å². The first-order valence-electron chi connectivity index (χ1n) is 11.5. The molecule has 6 nitrogen and oxygen atoms in total. The number of benzene rings is 2. The Kier molecular flexibility index (Phi) is 8.82. The van der Waals surface area contributed by atoms with Crippen molar-refractivity contribution in [3.63, 3.8) is 0 Å². The predicted molar refractivity (Wildman–Crippen MR) is 128 cm³/mol. The third kappa shape index (κ3) is 7.18. The second-order valence-electron chi connectivity index (χ2n) is 8.83. The lowest BCUT2D eigenvalue weighted by Crippen LogP contribution is -2.48. The SMILES string of the molecule is Cc1ccccc1CNC(=O)CN1CCC(N(C)CC(=O)NCc2ccccc2C)CC1. The lowest BCUT2D eigenvalue weighted by Gasteiger charge is -2.36. The Bertz CT molecular complexity index is 906. The molecule has 172 valence electrons. The number of rotatable bonds is 9. The third-order valence-electron chi connectivity index (χ3n) is 6.42. The molecule has 0 aromatic heterocycles. The number of amides is 2. The van der Waals surface area contributed by atoms with Crippen molar-refractivity contribution >= 4 is 11.8 Å². The van der Waals surface area contributed by atoms with Crippen LogP contribution in [-0.4, -0.2) is 60.9 Å². The summed E-state index contributed by atoms with van der Waals surface area (Å²) in [5.41, 5.74) is 4.69. The molecule has 1 aliphatic heterocycles. The average molecular weight is 437 g/mol. The largest absolute Gasteiger partial charge is 0.351 e. The van der Waals surface area contributed by atoms with Crippen molar-refractivity contribution < 1.29 is 9.59 Å². The first-order chi connectivity index (χ1) is 15.4. The van der Waals surface area contributed by atoms with Crippen molar-refractivity contribution in [3.05, 3.63) is 70.8 Å². The van der Waals surface area contributed by atoms with Crippen LogP contribution in [0.4, 0.5) is 0 Å². The Morgan fingerprint density at radius 2 is 1.38 bits per heavy atom. The van der Waals surface area contributed by atoms with Gasteiger partial charge in [0.15, 0.2) is 0 Å². The predicted octanol–water partition coefficient (Wildman–Crippen LogP) is 2.63. The summed E-state index contributed by atoms with van der Waals surface area (Å²) in [5.74, 6) is 0.115. The molecule has 2 amide bonds. The number of nitrogens with zero attached hydrogens (tertiary/aromatic N) is 2. The van der Waals surface area contributed by atoms with Crippen LogP contribution in [-0.2, 0) is 22.7 Å². The van der Waals surface area contributed by atoms with Gasteiger partial charge in [0.1, 0.15) is 0 Å². The zero-order chi connectivity index (χ0) is 22.9. The molecule has 0 radical (unpaired) electrons. The molecular formula is C26H36N4O2. The fourth-order valence-electron chi connectivity index (χ4n) is 4.19. The molecule has 1 aliphatic rings. The van der Waals surface area contributed by atoms with E-state index >= 15 is 0 Å². The molecule has 6 heteroatoms. The molecule has 2 N–H and O–H groups in total. The van der Waals surface area contributed by atoms with Gasteiger partial charge in [-0.05, 0) is 56.0 Å².